The first-order chi connectivity index (χ1) is 8.59. The van der Waals surface area contributed by atoms with Crippen molar-refractivity contribution >= 4 is 5.69 Å². The van der Waals surface area contributed by atoms with Gasteiger partial charge in [-0.15, -0.1) is 0 Å². The average Bonchev–Trinajstić information content (AvgIpc) is 2.71. The Labute approximate surface area is 108 Å². The van der Waals surface area contributed by atoms with Gasteiger partial charge in [0.15, 0.2) is 0 Å². The van der Waals surface area contributed by atoms with E-state index in [1.165, 1.54) is 12.1 Å². The molecule has 0 saturated heterocycles. The smallest absolute Gasteiger partial charge is 0.128 e. The number of hydrogen-bond acceptors (Lipinski definition) is 2. The summed E-state index contributed by atoms with van der Waals surface area (Å²) in [7, 11) is 0. The van der Waals surface area contributed by atoms with Gasteiger partial charge in [0.05, 0.1) is 6.07 Å². The van der Waals surface area contributed by atoms with E-state index in [-0.39, 0.29) is 5.82 Å². The van der Waals surface area contributed by atoms with Crippen LogP contribution in [0.25, 0.3) is 0 Å². The molecule has 1 aromatic carbocycles. The summed E-state index contributed by atoms with van der Waals surface area (Å²) in [5.74, 6) is 0.0997. The van der Waals surface area contributed by atoms with Gasteiger partial charge in [0, 0.05) is 5.69 Å². The summed E-state index contributed by atoms with van der Waals surface area (Å²) in [5, 5.41) is 12.8. The highest BCUT2D eigenvalue weighted by Gasteiger charge is 2.42. The zero-order valence-corrected chi connectivity index (χ0v) is 11.0. The molecular formula is C15H19FN2. The molecule has 2 rings (SSSR count). The van der Waals surface area contributed by atoms with Crippen LogP contribution in [0.15, 0.2) is 18.2 Å². The zero-order chi connectivity index (χ0) is 13.2. The molecule has 96 valence electrons. The first-order valence-electron chi connectivity index (χ1n) is 6.56. The lowest BCUT2D eigenvalue weighted by molar-refractivity contribution is 0.414. The lowest BCUT2D eigenvalue weighted by Gasteiger charge is -2.30. The van der Waals surface area contributed by atoms with Crippen LogP contribution >= 0.6 is 0 Å². The average molecular weight is 246 g/mol. The summed E-state index contributed by atoms with van der Waals surface area (Å²) in [6, 6.07) is 7.29. The fraction of sp³-hybridized carbons (Fsp3) is 0.533. The van der Waals surface area contributed by atoms with Gasteiger partial charge in [0.1, 0.15) is 11.4 Å². The van der Waals surface area contributed by atoms with Crippen LogP contribution in [0.1, 0.15) is 38.2 Å². The monoisotopic (exact) mass is 246 g/mol. The van der Waals surface area contributed by atoms with Gasteiger partial charge >= 0.3 is 0 Å². The molecule has 0 bridgehead atoms. The molecule has 1 aliphatic carbocycles. The summed E-state index contributed by atoms with van der Waals surface area (Å²) in [6.07, 6.45) is 3.96. The number of benzene rings is 1. The minimum atomic E-state index is -0.519. The third-order valence-electron chi connectivity index (χ3n) is 3.92. The van der Waals surface area contributed by atoms with Gasteiger partial charge in [-0.2, -0.15) is 5.26 Å². The van der Waals surface area contributed by atoms with Gasteiger partial charge in [-0.1, -0.05) is 13.3 Å². The second-order valence-electron chi connectivity index (χ2n) is 5.22. The summed E-state index contributed by atoms with van der Waals surface area (Å²) in [6.45, 7) is 3.97. The van der Waals surface area contributed by atoms with Crippen LogP contribution in [0.3, 0.4) is 0 Å². The Morgan fingerprint density at radius 1 is 1.50 bits per heavy atom. The van der Waals surface area contributed by atoms with E-state index in [1.807, 2.05) is 13.0 Å². The van der Waals surface area contributed by atoms with Gasteiger partial charge in [0.2, 0.25) is 0 Å². The van der Waals surface area contributed by atoms with Crippen molar-refractivity contribution in [1.29, 1.82) is 5.26 Å². The Balaban J connectivity index is 2.28. The van der Waals surface area contributed by atoms with Gasteiger partial charge < -0.3 is 5.32 Å². The third kappa shape index (κ3) is 2.33. The summed E-state index contributed by atoms with van der Waals surface area (Å²) >= 11 is 0. The number of nitrogens with zero attached hydrogens (tertiary/aromatic N) is 1. The van der Waals surface area contributed by atoms with Gasteiger partial charge in [-0.05, 0) is 55.9 Å². The van der Waals surface area contributed by atoms with E-state index < -0.39 is 5.54 Å². The van der Waals surface area contributed by atoms with Crippen molar-refractivity contribution in [3.8, 4) is 6.07 Å². The Morgan fingerprint density at radius 2 is 2.28 bits per heavy atom. The Hall–Kier alpha value is -1.56. The van der Waals surface area contributed by atoms with Crippen molar-refractivity contribution in [2.75, 3.05) is 5.32 Å². The summed E-state index contributed by atoms with van der Waals surface area (Å²) < 4.78 is 13.4. The molecule has 1 aliphatic rings. The molecule has 0 radical (unpaired) electrons. The maximum atomic E-state index is 13.4. The van der Waals surface area contributed by atoms with Crippen molar-refractivity contribution in [3.63, 3.8) is 0 Å². The molecule has 0 spiro atoms. The van der Waals surface area contributed by atoms with Crippen molar-refractivity contribution in [1.82, 2.24) is 0 Å². The topological polar surface area (TPSA) is 35.8 Å². The highest BCUT2D eigenvalue weighted by molar-refractivity contribution is 5.50. The number of halogens is 1. The molecule has 0 aliphatic heterocycles. The molecule has 3 heteroatoms. The van der Waals surface area contributed by atoms with E-state index in [0.717, 1.165) is 36.9 Å². The quantitative estimate of drug-likeness (QED) is 0.874. The minimum Gasteiger partial charge on any atom is -0.367 e. The summed E-state index contributed by atoms with van der Waals surface area (Å²) in [5.41, 5.74) is 1.07. The molecule has 1 aromatic rings. The van der Waals surface area contributed by atoms with Crippen LogP contribution in [-0.4, -0.2) is 5.54 Å². The van der Waals surface area contributed by atoms with E-state index in [2.05, 4.69) is 18.3 Å². The van der Waals surface area contributed by atoms with Crippen LogP contribution < -0.4 is 5.32 Å². The number of rotatable bonds is 3. The van der Waals surface area contributed by atoms with E-state index in [1.54, 1.807) is 0 Å². The third-order valence-corrected chi connectivity index (χ3v) is 3.92. The van der Waals surface area contributed by atoms with Crippen LogP contribution in [0.5, 0.6) is 0 Å². The van der Waals surface area contributed by atoms with Crippen molar-refractivity contribution < 1.29 is 4.39 Å². The minimum absolute atomic E-state index is 0.253. The predicted octanol–water partition coefficient (Wildman–Crippen LogP) is 4.02. The van der Waals surface area contributed by atoms with Crippen molar-refractivity contribution in [2.45, 2.75) is 45.1 Å². The Morgan fingerprint density at radius 3 is 2.89 bits per heavy atom. The standard InChI is InChI=1S/C15H19FN2/c1-3-12-5-4-6-15(12,10-17)18-14-8-11(2)7-13(16)9-14/h7-9,12,18H,3-6H2,1-2H3. The van der Waals surface area contributed by atoms with Gasteiger partial charge in [0.25, 0.3) is 0 Å². The lowest BCUT2D eigenvalue weighted by Crippen LogP contribution is -2.40. The van der Waals surface area contributed by atoms with Crippen molar-refractivity contribution in [3.05, 3.63) is 29.6 Å². The number of anilines is 1. The Kier molecular flexibility index (Phi) is 3.56. The predicted molar refractivity (Wildman–Crippen MR) is 70.7 cm³/mol. The number of nitriles is 1. The molecule has 2 nitrogen and oxygen atoms in total. The Bertz CT molecular complexity index is 458. The number of aryl methyl sites for hydroxylation is 1. The molecule has 0 heterocycles. The fourth-order valence-corrected chi connectivity index (χ4v) is 3.04. The molecule has 1 saturated carbocycles. The molecule has 1 N–H and O–H groups in total. The molecule has 0 amide bonds. The van der Waals surface area contributed by atoms with E-state index in [4.69, 9.17) is 0 Å². The van der Waals surface area contributed by atoms with Crippen LogP contribution in [0.4, 0.5) is 10.1 Å². The van der Waals surface area contributed by atoms with Crippen LogP contribution in [0, 0.1) is 30.0 Å². The van der Waals surface area contributed by atoms with E-state index >= 15 is 0 Å². The highest BCUT2D eigenvalue weighted by Crippen LogP contribution is 2.40. The second kappa shape index (κ2) is 4.97. The van der Waals surface area contributed by atoms with E-state index in [9.17, 15) is 9.65 Å². The number of hydrogen-bond donors (Lipinski definition) is 1. The SMILES string of the molecule is CCC1CCCC1(C#N)Nc1cc(C)cc(F)c1. The molecule has 2 atom stereocenters. The number of nitrogens with one attached hydrogen (secondary N) is 1. The lowest BCUT2D eigenvalue weighted by atomic mass is 9.86. The van der Waals surface area contributed by atoms with Gasteiger partial charge in [-0.3, -0.25) is 0 Å². The maximum absolute atomic E-state index is 13.4. The van der Waals surface area contributed by atoms with E-state index in [0.29, 0.717) is 5.92 Å². The normalized spacial score (nSPS) is 26.9. The second-order valence-corrected chi connectivity index (χ2v) is 5.22. The highest BCUT2D eigenvalue weighted by atomic mass is 19.1. The summed E-state index contributed by atoms with van der Waals surface area (Å²) in [4.78, 5) is 0. The maximum Gasteiger partial charge on any atom is 0.128 e. The zero-order valence-electron chi connectivity index (χ0n) is 11.0. The van der Waals surface area contributed by atoms with Crippen molar-refractivity contribution in [2.24, 2.45) is 5.92 Å². The van der Waals surface area contributed by atoms with Crippen LogP contribution in [-0.2, 0) is 0 Å². The molecule has 0 aromatic heterocycles. The first kappa shape index (κ1) is 12.9. The molecule has 1 fully saturated rings. The van der Waals surface area contributed by atoms with Gasteiger partial charge in [-0.25, -0.2) is 4.39 Å². The molecular weight excluding hydrogens is 227 g/mol. The molecule has 18 heavy (non-hydrogen) atoms. The largest absolute Gasteiger partial charge is 0.367 e. The van der Waals surface area contributed by atoms with Crippen LogP contribution in [0.2, 0.25) is 0 Å². The fourth-order valence-electron chi connectivity index (χ4n) is 3.04. The first-order valence-corrected chi connectivity index (χ1v) is 6.56. The molecule has 2 unspecified atom stereocenters.